The standard InChI is InChI=1S/C20H18ClN3O2S/c1-13(25)22-17(15-7-9-16(21)10-8-15)11-19(26)24-20-23-18(12-27-20)14-5-3-2-4-6-14/h2-10,12,17H,11H2,1H3,(H,22,25)(H,23,24,26). The second kappa shape index (κ2) is 8.79. The van der Waals surface area contributed by atoms with Crippen molar-refractivity contribution in [1.82, 2.24) is 10.3 Å². The van der Waals surface area contributed by atoms with Gasteiger partial charge in [0.15, 0.2) is 5.13 Å². The molecule has 1 aromatic heterocycles. The van der Waals surface area contributed by atoms with Crippen LogP contribution >= 0.6 is 22.9 Å². The molecule has 0 saturated heterocycles. The number of benzene rings is 2. The van der Waals surface area contributed by atoms with Crippen molar-refractivity contribution in [3.63, 3.8) is 0 Å². The topological polar surface area (TPSA) is 71.1 Å². The zero-order valence-corrected chi connectivity index (χ0v) is 16.2. The molecule has 0 aliphatic carbocycles. The van der Waals surface area contributed by atoms with Crippen molar-refractivity contribution in [2.24, 2.45) is 0 Å². The number of thiazole rings is 1. The van der Waals surface area contributed by atoms with Gasteiger partial charge in [-0.25, -0.2) is 4.98 Å². The molecule has 2 aromatic carbocycles. The van der Waals surface area contributed by atoms with Gasteiger partial charge in [0.05, 0.1) is 18.2 Å². The highest BCUT2D eigenvalue weighted by Crippen LogP contribution is 2.25. The Morgan fingerprint density at radius 3 is 2.48 bits per heavy atom. The number of aromatic nitrogens is 1. The maximum Gasteiger partial charge on any atom is 0.228 e. The van der Waals surface area contributed by atoms with Gasteiger partial charge in [0.2, 0.25) is 11.8 Å². The van der Waals surface area contributed by atoms with Crippen LogP contribution in [0.3, 0.4) is 0 Å². The Morgan fingerprint density at radius 1 is 1.11 bits per heavy atom. The molecule has 1 atom stereocenters. The molecule has 3 aromatic rings. The van der Waals surface area contributed by atoms with Gasteiger partial charge in [0.1, 0.15) is 0 Å². The highest BCUT2D eigenvalue weighted by molar-refractivity contribution is 7.14. The second-order valence-electron chi connectivity index (χ2n) is 5.96. The molecule has 0 aliphatic rings. The smallest absolute Gasteiger partial charge is 0.228 e. The van der Waals surface area contributed by atoms with Crippen LogP contribution in [-0.2, 0) is 9.59 Å². The molecular formula is C20H18ClN3O2S. The molecule has 3 rings (SSSR count). The highest BCUT2D eigenvalue weighted by atomic mass is 35.5. The van der Waals surface area contributed by atoms with Gasteiger partial charge in [0.25, 0.3) is 0 Å². The number of nitrogens with one attached hydrogen (secondary N) is 2. The van der Waals surface area contributed by atoms with E-state index in [1.165, 1.54) is 18.3 Å². The van der Waals surface area contributed by atoms with Crippen LogP contribution in [0.25, 0.3) is 11.3 Å². The molecular weight excluding hydrogens is 382 g/mol. The fraction of sp³-hybridized carbons (Fsp3) is 0.150. The average Bonchev–Trinajstić information content (AvgIpc) is 3.10. The summed E-state index contributed by atoms with van der Waals surface area (Å²) >= 11 is 7.28. The Kier molecular flexibility index (Phi) is 6.21. The summed E-state index contributed by atoms with van der Waals surface area (Å²) in [6.45, 7) is 1.42. The van der Waals surface area contributed by atoms with Crippen LogP contribution in [0, 0.1) is 0 Å². The van der Waals surface area contributed by atoms with Crippen molar-refractivity contribution in [3.8, 4) is 11.3 Å². The number of hydrogen-bond acceptors (Lipinski definition) is 4. The first-order valence-corrected chi connectivity index (χ1v) is 9.60. The SMILES string of the molecule is CC(=O)NC(CC(=O)Nc1nc(-c2ccccc2)cs1)c1ccc(Cl)cc1. The minimum Gasteiger partial charge on any atom is -0.349 e. The zero-order valence-electron chi connectivity index (χ0n) is 14.6. The van der Waals surface area contributed by atoms with E-state index < -0.39 is 6.04 Å². The molecule has 0 fully saturated rings. The highest BCUT2D eigenvalue weighted by Gasteiger charge is 2.18. The first-order valence-electron chi connectivity index (χ1n) is 8.34. The number of halogens is 1. The molecule has 0 bridgehead atoms. The molecule has 5 nitrogen and oxygen atoms in total. The van der Waals surface area contributed by atoms with Crippen LogP contribution in [0.2, 0.25) is 5.02 Å². The predicted molar refractivity (Wildman–Crippen MR) is 109 cm³/mol. The number of rotatable bonds is 6. The number of nitrogens with zero attached hydrogens (tertiary/aromatic N) is 1. The van der Waals surface area contributed by atoms with Crippen molar-refractivity contribution in [2.45, 2.75) is 19.4 Å². The van der Waals surface area contributed by atoms with Crippen molar-refractivity contribution >= 4 is 39.9 Å². The molecule has 138 valence electrons. The van der Waals surface area contributed by atoms with Crippen molar-refractivity contribution in [1.29, 1.82) is 0 Å². The maximum absolute atomic E-state index is 12.5. The second-order valence-corrected chi connectivity index (χ2v) is 7.26. The van der Waals surface area contributed by atoms with E-state index in [-0.39, 0.29) is 18.2 Å². The van der Waals surface area contributed by atoms with Crippen LogP contribution in [0.15, 0.2) is 60.0 Å². The molecule has 2 amide bonds. The molecule has 2 N–H and O–H groups in total. The fourth-order valence-corrected chi connectivity index (χ4v) is 3.48. The van der Waals surface area contributed by atoms with Crippen LogP contribution in [-0.4, -0.2) is 16.8 Å². The van der Waals surface area contributed by atoms with Crippen LogP contribution in [0.5, 0.6) is 0 Å². The van der Waals surface area contributed by atoms with Crippen LogP contribution in [0.4, 0.5) is 5.13 Å². The number of hydrogen-bond donors (Lipinski definition) is 2. The number of anilines is 1. The Labute approximate surface area is 166 Å². The van der Waals surface area contributed by atoms with Crippen molar-refractivity contribution < 1.29 is 9.59 Å². The Balaban J connectivity index is 1.68. The molecule has 0 spiro atoms. The van der Waals surface area contributed by atoms with Gasteiger partial charge >= 0.3 is 0 Å². The van der Waals surface area contributed by atoms with Crippen molar-refractivity contribution in [3.05, 3.63) is 70.6 Å². The van der Waals surface area contributed by atoms with Gasteiger partial charge in [-0.2, -0.15) is 0 Å². The summed E-state index contributed by atoms with van der Waals surface area (Å²) in [5.74, 6) is -0.430. The summed E-state index contributed by atoms with van der Waals surface area (Å²) in [5, 5.41) is 8.63. The first-order chi connectivity index (χ1) is 13.0. The van der Waals surface area contributed by atoms with E-state index in [9.17, 15) is 9.59 Å². The van der Waals surface area contributed by atoms with Gasteiger partial charge in [-0.05, 0) is 17.7 Å². The van der Waals surface area contributed by atoms with E-state index in [4.69, 9.17) is 11.6 Å². The van der Waals surface area contributed by atoms with E-state index >= 15 is 0 Å². The lowest BCUT2D eigenvalue weighted by Crippen LogP contribution is -2.29. The maximum atomic E-state index is 12.5. The van der Waals surface area contributed by atoms with Crippen LogP contribution < -0.4 is 10.6 Å². The summed E-state index contributed by atoms with van der Waals surface area (Å²) in [6.07, 6.45) is 0.0987. The molecule has 1 heterocycles. The summed E-state index contributed by atoms with van der Waals surface area (Å²) in [7, 11) is 0. The molecule has 27 heavy (non-hydrogen) atoms. The zero-order chi connectivity index (χ0) is 19.2. The molecule has 0 saturated carbocycles. The lowest BCUT2D eigenvalue weighted by Gasteiger charge is -2.17. The number of amides is 2. The molecule has 0 radical (unpaired) electrons. The summed E-state index contributed by atoms with van der Waals surface area (Å²) in [4.78, 5) is 28.4. The third kappa shape index (κ3) is 5.39. The lowest BCUT2D eigenvalue weighted by atomic mass is 10.0. The molecule has 0 aliphatic heterocycles. The largest absolute Gasteiger partial charge is 0.349 e. The fourth-order valence-electron chi connectivity index (χ4n) is 2.62. The monoisotopic (exact) mass is 399 g/mol. The minimum absolute atomic E-state index is 0.0987. The van der Waals surface area contributed by atoms with E-state index in [1.54, 1.807) is 24.3 Å². The van der Waals surface area contributed by atoms with Gasteiger partial charge in [0, 0.05) is 22.9 Å². The first kappa shape index (κ1) is 19.1. The predicted octanol–water partition coefficient (Wildman–Crippen LogP) is 4.67. The van der Waals surface area contributed by atoms with E-state index in [1.807, 2.05) is 35.7 Å². The molecule has 7 heteroatoms. The third-order valence-electron chi connectivity index (χ3n) is 3.86. The average molecular weight is 400 g/mol. The van der Waals surface area contributed by atoms with E-state index in [2.05, 4.69) is 15.6 Å². The Morgan fingerprint density at radius 2 is 1.81 bits per heavy atom. The summed E-state index contributed by atoms with van der Waals surface area (Å²) < 4.78 is 0. The quantitative estimate of drug-likeness (QED) is 0.632. The van der Waals surface area contributed by atoms with Crippen LogP contribution in [0.1, 0.15) is 24.9 Å². The summed E-state index contributed by atoms with van der Waals surface area (Å²) in [5.41, 5.74) is 2.62. The van der Waals surface area contributed by atoms with Gasteiger partial charge in [-0.3, -0.25) is 9.59 Å². The minimum atomic E-state index is -0.437. The van der Waals surface area contributed by atoms with E-state index in [0.29, 0.717) is 10.2 Å². The normalized spacial score (nSPS) is 11.6. The third-order valence-corrected chi connectivity index (χ3v) is 4.87. The van der Waals surface area contributed by atoms with Gasteiger partial charge in [-0.15, -0.1) is 11.3 Å². The Bertz CT molecular complexity index is 926. The lowest BCUT2D eigenvalue weighted by molar-refractivity contribution is -0.120. The van der Waals surface area contributed by atoms with Crippen molar-refractivity contribution in [2.75, 3.05) is 5.32 Å². The summed E-state index contributed by atoms with van der Waals surface area (Å²) in [6, 6.07) is 16.4. The Hall–Kier alpha value is -2.70. The van der Waals surface area contributed by atoms with Gasteiger partial charge in [-0.1, -0.05) is 54.1 Å². The number of carbonyl (C=O) groups is 2. The number of carbonyl (C=O) groups excluding carboxylic acids is 2. The van der Waals surface area contributed by atoms with Gasteiger partial charge < -0.3 is 10.6 Å². The van der Waals surface area contributed by atoms with E-state index in [0.717, 1.165) is 16.8 Å². The molecule has 1 unspecified atom stereocenters.